The Morgan fingerprint density at radius 2 is 1.64 bits per heavy atom. The number of primary amides is 1. The SMILES string of the molecule is CCOC(=O)/C=C/C(=O)N(CC(N)=O)NC(=O)[C@H](C)NC(=O)[C@@H](C)NC(=O)N1CCNCC1. The molecule has 0 bridgehead atoms. The van der Waals surface area contributed by atoms with Crippen LogP contribution in [0.4, 0.5) is 4.79 Å². The van der Waals surface area contributed by atoms with E-state index < -0.39 is 54.3 Å². The van der Waals surface area contributed by atoms with Crippen molar-refractivity contribution in [3.8, 4) is 0 Å². The number of hydrogen-bond donors (Lipinski definition) is 5. The fraction of sp³-hybridized carbons (Fsp3) is 0.579. The molecule has 0 radical (unpaired) electrons. The minimum Gasteiger partial charge on any atom is -0.463 e. The molecule has 0 aromatic rings. The molecule has 0 aromatic carbocycles. The van der Waals surface area contributed by atoms with Crippen molar-refractivity contribution in [3.05, 3.63) is 12.2 Å². The van der Waals surface area contributed by atoms with Gasteiger partial charge in [0.25, 0.3) is 11.8 Å². The zero-order chi connectivity index (χ0) is 25.0. The molecule has 1 fully saturated rings. The normalized spacial score (nSPS) is 15.2. The first-order chi connectivity index (χ1) is 15.5. The highest BCUT2D eigenvalue weighted by Gasteiger charge is 2.25. The number of nitrogens with one attached hydrogen (secondary N) is 4. The van der Waals surface area contributed by atoms with E-state index in [4.69, 9.17) is 5.73 Å². The summed E-state index contributed by atoms with van der Waals surface area (Å²) in [6, 6.07) is -2.46. The van der Waals surface area contributed by atoms with E-state index in [1.54, 1.807) is 11.8 Å². The van der Waals surface area contributed by atoms with E-state index in [-0.39, 0.29) is 6.61 Å². The molecule has 1 heterocycles. The van der Waals surface area contributed by atoms with Crippen LogP contribution in [0, 0.1) is 0 Å². The van der Waals surface area contributed by atoms with Gasteiger partial charge in [-0.15, -0.1) is 0 Å². The molecule has 2 atom stereocenters. The first-order valence-electron chi connectivity index (χ1n) is 10.4. The molecule has 1 aliphatic heterocycles. The highest BCUT2D eigenvalue weighted by atomic mass is 16.5. The minimum absolute atomic E-state index is 0.102. The van der Waals surface area contributed by atoms with Crippen LogP contribution in [-0.2, 0) is 28.7 Å². The van der Waals surface area contributed by atoms with Crippen LogP contribution in [-0.4, -0.2) is 97.0 Å². The summed E-state index contributed by atoms with van der Waals surface area (Å²) < 4.78 is 4.65. The van der Waals surface area contributed by atoms with Gasteiger partial charge in [-0.1, -0.05) is 0 Å². The monoisotopic (exact) mass is 469 g/mol. The van der Waals surface area contributed by atoms with Crippen molar-refractivity contribution in [1.82, 2.24) is 31.3 Å². The number of nitrogens with two attached hydrogens (primary N) is 1. The second kappa shape index (κ2) is 13.7. The average molecular weight is 469 g/mol. The summed E-state index contributed by atoms with van der Waals surface area (Å²) in [6.07, 6.45) is 1.64. The molecule has 1 aliphatic rings. The van der Waals surface area contributed by atoms with Crippen LogP contribution < -0.4 is 27.1 Å². The van der Waals surface area contributed by atoms with Crippen LogP contribution in [0.5, 0.6) is 0 Å². The maximum absolute atomic E-state index is 12.4. The van der Waals surface area contributed by atoms with Crippen LogP contribution in [0.3, 0.4) is 0 Å². The van der Waals surface area contributed by atoms with Crippen molar-refractivity contribution < 1.29 is 33.5 Å². The number of amides is 6. The second-order valence-corrected chi connectivity index (χ2v) is 7.09. The van der Waals surface area contributed by atoms with Gasteiger partial charge >= 0.3 is 12.0 Å². The van der Waals surface area contributed by atoms with Gasteiger partial charge in [0.05, 0.1) is 6.61 Å². The Hall–Kier alpha value is -3.68. The maximum Gasteiger partial charge on any atom is 0.330 e. The molecule has 14 nitrogen and oxygen atoms in total. The van der Waals surface area contributed by atoms with Crippen molar-refractivity contribution in [2.24, 2.45) is 5.73 Å². The Bertz CT molecular complexity index is 780. The summed E-state index contributed by atoms with van der Waals surface area (Å²) in [5.74, 6) is -4.08. The van der Waals surface area contributed by atoms with Crippen molar-refractivity contribution in [2.45, 2.75) is 32.9 Å². The van der Waals surface area contributed by atoms with Crippen LogP contribution >= 0.6 is 0 Å². The van der Waals surface area contributed by atoms with Crippen molar-refractivity contribution in [3.63, 3.8) is 0 Å². The lowest BCUT2D eigenvalue weighted by Crippen LogP contribution is -2.58. The summed E-state index contributed by atoms with van der Waals surface area (Å²) in [7, 11) is 0. The number of piperazine rings is 1. The Kier molecular flexibility index (Phi) is 11.3. The Labute approximate surface area is 191 Å². The molecule has 184 valence electrons. The number of esters is 1. The number of ether oxygens (including phenoxy) is 1. The van der Waals surface area contributed by atoms with E-state index in [1.165, 1.54) is 13.8 Å². The zero-order valence-electron chi connectivity index (χ0n) is 18.9. The Balaban J connectivity index is 2.64. The molecule has 6 amide bonds. The minimum atomic E-state index is -1.13. The maximum atomic E-state index is 12.4. The summed E-state index contributed by atoms with van der Waals surface area (Å²) in [5.41, 5.74) is 7.26. The molecule has 14 heteroatoms. The van der Waals surface area contributed by atoms with Gasteiger partial charge in [-0.2, -0.15) is 0 Å². The number of carbonyl (C=O) groups excluding carboxylic acids is 6. The molecule has 0 unspecified atom stereocenters. The molecule has 1 rings (SSSR count). The van der Waals surface area contributed by atoms with E-state index in [0.29, 0.717) is 31.2 Å². The largest absolute Gasteiger partial charge is 0.463 e. The van der Waals surface area contributed by atoms with Gasteiger partial charge in [-0.3, -0.25) is 24.6 Å². The molecular weight excluding hydrogens is 438 g/mol. The number of hydrazine groups is 1. The van der Waals surface area contributed by atoms with E-state index >= 15 is 0 Å². The summed E-state index contributed by atoms with van der Waals surface area (Å²) in [4.78, 5) is 73.4. The lowest BCUT2D eigenvalue weighted by Gasteiger charge is -2.29. The van der Waals surface area contributed by atoms with Crippen molar-refractivity contribution >= 4 is 35.6 Å². The number of nitrogens with zero attached hydrogens (tertiary/aromatic N) is 2. The van der Waals surface area contributed by atoms with Crippen LogP contribution in [0.25, 0.3) is 0 Å². The summed E-state index contributed by atoms with van der Waals surface area (Å²) in [5, 5.41) is 8.67. The van der Waals surface area contributed by atoms with E-state index in [1.807, 2.05) is 0 Å². The molecule has 0 aromatic heterocycles. The van der Waals surface area contributed by atoms with Crippen LogP contribution in [0.1, 0.15) is 20.8 Å². The third kappa shape index (κ3) is 9.99. The quantitative estimate of drug-likeness (QED) is 0.134. The first-order valence-corrected chi connectivity index (χ1v) is 10.4. The third-order valence-electron chi connectivity index (χ3n) is 4.36. The predicted octanol–water partition coefficient (Wildman–Crippen LogP) is -3.04. The summed E-state index contributed by atoms with van der Waals surface area (Å²) >= 11 is 0. The van der Waals surface area contributed by atoms with Gasteiger partial charge in [-0.25, -0.2) is 14.6 Å². The smallest absolute Gasteiger partial charge is 0.330 e. The second-order valence-electron chi connectivity index (χ2n) is 7.09. The predicted molar refractivity (Wildman–Crippen MR) is 115 cm³/mol. The lowest BCUT2D eigenvalue weighted by molar-refractivity contribution is -0.142. The van der Waals surface area contributed by atoms with E-state index in [2.05, 4.69) is 26.1 Å². The lowest BCUT2D eigenvalue weighted by atomic mass is 10.2. The number of hydrogen-bond acceptors (Lipinski definition) is 8. The average Bonchev–Trinajstić information content (AvgIpc) is 2.77. The number of urea groups is 1. The number of carbonyl (C=O) groups is 6. The van der Waals surface area contributed by atoms with Crippen LogP contribution in [0.15, 0.2) is 12.2 Å². The van der Waals surface area contributed by atoms with E-state index in [0.717, 1.165) is 12.2 Å². The fourth-order valence-electron chi connectivity index (χ4n) is 2.59. The molecule has 0 saturated carbocycles. The van der Waals surface area contributed by atoms with E-state index in [9.17, 15) is 28.8 Å². The van der Waals surface area contributed by atoms with Gasteiger partial charge in [0.15, 0.2) is 0 Å². The summed E-state index contributed by atoms with van der Waals surface area (Å²) in [6.45, 7) is 6.14. The van der Waals surface area contributed by atoms with Gasteiger partial charge in [0, 0.05) is 38.3 Å². The standard InChI is InChI=1S/C19H31N7O7/c1-4-33-16(29)6-5-15(28)26(11-14(20)27)24-18(31)13(3)22-17(30)12(2)23-19(32)25-9-7-21-8-10-25/h5-6,12-13,21H,4,7-11H2,1-3H3,(H2,20,27)(H,22,30)(H,23,32)(H,24,31)/b6-5+/t12-,13+/m1/s1. The van der Waals surface area contributed by atoms with Crippen molar-refractivity contribution in [2.75, 3.05) is 39.3 Å². The molecular formula is C19H31N7O7. The van der Waals surface area contributed by atoms with Gasteiger partial charge < -0.3 is 31.3 Å². The van der Waals surface area contributed by atoms with Gasteiger partial charge in [0.2, 0.25) is 11.8 Å². The Morgan fingerprint density at radius 1 is 1.03 bits per heavy atom. The zero-order valence-corrected chi connectivity index (χ0v) is 18.9. The Morgan fingerprint density at radius 3 is 2.21 bits per heavy atom. The number of rotatable bonds is 9. The highest BCUT2D eigenvalue weighted by Crippen LogP contribution is 1.96. The molecule has 0 spiro atoms. The van der Waals surface area contributed by atoms with Gasteiger partial charge in [0.1, 0.15) is 18.6 Å². The molecule has 6 N–H and O–H groups in total. The fourth-order valence-corrected chi connectivity index (χ4v) is 2.59. The first kappa shape index (κ1) is 27.4. The van der Waals surface area contributed by atoms with Gasteiger partial charge in [-0.05, 0) is 20.8 Å². The third-order valence-corrected chi connectivity index (χ3v) is 4.36. The topological polar surface area (TPSA) is 192 Å². The van der Waals surface area contributed by atoms with Crippen LogP contribution in [0.2, 0.25) is 0 Å². The molecule has 1 saturated heterocycles. The highest BCUT2D eigenvalue weighted by molar-refractivity contribution is 5.98. The molecule has 33 heavy (non-hydrogen) atoms. The van der Waals surface area contributed by atoms with Crippen molar-refractivity contribution in [1.29, 1.82) is 0 Å². The molecule has 0 aliphatic carbocycles.